The van der Waals surface area contributed by atoms with E-state index in [1.165, 1.54) is 11.3 Å². The summed E-state index contributed by atoms with van der Waals surface area (Å²) < 4.78 is 0.895. The van der Waals surface area contributed by atoms with E-state index in [4.69, 9.17) is 0 Å². The van der Waals surface area contributed by atoms with E-state index in [2.05, 4.69) is 15.9 Å². The summed E-state index contributed by atoms with van der Waals surface area (Å²) in [6.07, 6.45) is 0. The van der Waals surface area contributed by atoms with Crippen molar-refractivity contribution in [3.8, 4) is 0 Å². The molecule has 0 aliphatic heterocycles. The SMILES string of the molecule is CCN(C(=O)c1sccc1Br)C(C)C. The average Bonchev–Trinajstić information content (AvgIpc) is 2.51. The minimum Gasteiger partial charge on any atom is -0.336 e. The molecule has 0 N–H and O–H groups in total. The molecule has 0 spiro atoms. The third-order valence-corrected chi connectivity index (χ3v) is 3.86. The first kappa shape index (κ1) is 11.7. The molecule has 1 aromatic rings. The van der Waals surface area contributed by atoms with E-state index in [9.17, 15) is 4.79 Å². The summed E-state index contributed by atoms with van der Waals surface area (Å²) in [4.78, 5) is 14.7. The largest absolute Gasteiger partial charge is 0.336 e. The number of hydrogen-bond acceptors (Lipinski definition) is 2. The highest BCUT2D eigenvalue weighted by molar-refractivity contribution is 9.10. The summed E-state index contributed by atoms with van der Waals surface area (Å²) in [5.41, 5.74) is 0. The van der Waals surface area contributed by atoms with Gasteiger partial charge in [-0.25, -0.2) is 0 Å². The number of carbonyl (C=O) groups excluding carboxylic acids is 1. The molecule has 0 aliphatic rings. The molecule has 0 unspecified atom stereocenters. The van der Waals surface area contributed by atoms with E-state index in [0.29, 0.717) is 0 Å². The highest BCUT2D eigenvalue weighted by Gasteiger charge is 2.19. The lowest BCUT2D eigenvalue weighted by molar-refractivity contribution is 0.0721. The number of rotatable bonds is 3. The third kappa shape index (κ3) is 2.36. The van der Waals surface area contributed by atoms with Crippen molar-refractivity contribution in [1.82, 2.24) is 4.90 Å². The van der Waals surface area contributed by atoms with E-state index in [-0.39, 0.29) is 11.9 Å². The molecular weight excluding hydrogens is 262 g/mol. The van der Waals surface area contributed by atoms with Gasteiger partial charge in [0, 0.05) is 17.1 Å². The van der Waals surface area contributed by atoms with Crippen LogP contribution in [0.3, 0.4) is 0 Å². The fourth-order valence-electron chi connectivity index (χ4n) is 1.32. The van der Waals surface area contributed by atoms with Crippen molar-refractivity contribution in [3.05, 3.63) is 20.8 Å². The summed E-state index contributed by atoms with van der Waals surface area (Å²) in [5, 5.41) is 1.92. The maximum absolute atomic E-state index is 12.0. The van der Waals surface area contributed by atoms with Gasteiger partial charge >= 0.3 is 0 Å². The molecule has 2 nitrogen and oxygen atoms in total. The van der Waals surface area contributed by atoms with Gasteiger partial charge < -0.3 is 4.90 Å². The van der Waals surface area contributed by atoms with Crippen LogP contribution in [0.25, 0.3) is 0 Å². The Kier molecular flexibility index (Phi) is 4.13. The maximum atomic E-state index is 12.0. The quantitative estimate of drug-likeness (QED) is 0.828. The second-order valence-electron chi connectivity index (χ2n) is 3.28. The lowest BCUT2D eigenvalue weighted by Crippen LogP contribution is -2.36. The Morgan fingerprint density at radius 1 is 1.64 bits per heavy atom. The van der Waals surface area contributed by atoms with Crippen molar-refractivity contribution in [2.24, 2.45) is 0 Å². The molecular formula is C10H14BrNOS. The fourth-order valence-corrected chi connectivity index (χ4v) is 2.82. The first-order chi connectivity index (χ1) is 6.57. The summed E-state index contributed by atoms with van der Waals surface area (Å²) in [7, 11) is 0. The van der Waals surface area contributed by atoms with Crippen molar-refractivity contribution in [3.63, 3.8) is 0 Å². The topological polar surface area (TPSA) is 20.3 Å². The standard InChI is InChI=1S/C10H14BrNOS/c1-4-12(7(2)3)10(13)9-8(11)5-6-14-9/h5-7H,4H2,1-3H3. The first-order valence-electron chi connectivity index (χ1n) is 4.61. The fraction of sp³-hybridized carbons (Fsp3) is 0.500. The van der Waals surface area contributed by atoms with Gasteiger partial charge in [0.2, 0.25) is 0 Å². The third-order valence-electron chi connectivity index (χ3n) is 2.04. The van der Waals surface area contributed by atoms with Crippen LogP contribution in [0.4, 0.5) is 0 Å². The molecule has 0 saturated carbocycles. The molecule has 1 rings (SSSR count). The Hall–Kier alpha value is -0.350. The van der Waals surface area contributed by atoms with Gasteiger partial charge in [-0.05, 0) is 48.1 Å². The van der Waals surface area contributed by atoms with Gasteiger partial charge in [0.05, 0.1) is 0 Å². The van der Waals surface area contributed by atoms with Gasteiger partial charge in [-0.1, -0.05) is 0 Å². The zero-order valence-corrected chi connectivity index (χ0v) is 11.0. The van der Waals surface area contributed by atoms with Gasteiger partial charge in [-0.2, -0.15) is 0 Å². The molecule has 0 aromatic carbocycles. The van der Waals surface area contributed by atoms with Crippen LogP contribution in [0, 0.1) is 0 Å². The monoisotopic (exact) mass is 275 g/mol. The van der Waals surface area contributed by atoms with Gasteiger partial charge in [0.15, 0.2) is 0 Å². The predicted molar refractivity (Wildman–Crippen MR) is 63.9 cm³/mol. The Bertz CT molecular complexity index is 322. The van der Waals surface area contributed by atoms with Crippen LogP contribution in [-0.2, 0) is 0 Å². The highest BCUT2D eigenvalue weighted by Crippen LogP contribution is 2.24. The molecule has 0 bridgehead atoms. The van der Waals surface area contributed by atoms with Crippen LogP contribution in [0.2, 0.25) is 0 Å². The zero-order chi connectivity index (χ0) is 10.7. The number of thiophene rings is 1. The predicted octanol–water partition coefficient (Wildman–Crippen LogP) is 3.38. The molecule has 0 atom stereocenters. The summed E-state index contributed by atoms with van der Waals surface area (Å²) in [6, 6.07) is 2.16. The van der Waals surface area contributed by atoms with Gasteiger partial charge in [-0.15, -0.1) is 11.3 Å². The van der Waals surface area contributed by atoms with Crippen LogP contribution in [-0.4, -0.2) is 23.4 Å². The van der Waals surface area contributed by atoms with Gasteiger partial charge in [0.1, 0.15) is 4.88 Å². The molecule has 0 aliphatic carbocycles. The van der Waals surface area contributed by atoms with Crippen LogP contribution >= 0.6 is 27.3 Å². The first-order valence-corrected chi connectivity index (χ1v) is 6.29. The van der Waals surface area contributed by atoms with E-state index in [1.807, 2.05) is 37.1 Å². The summed E-state index contributed by atoms with van der Waals surface area (Å²) in [5.74, 6) is 0.115. The van der Waals surface area contributed by atoms with Crippen LogP contribution in [0.15, 0.2) is 15.9 Å². The Morgan fingerprint density at radius 3 is 2.64 bits per heavy atom. The summed E-state index contributed by atoms with van der Waals surface area (Å²) >= 11 is 4.86. The Balaban J connectivity index is 2.89. The van der Waals surface area contributed by atoms with Crippen molar-refractivity contribution < 1.29 is 4.79 Å². The second-order valence-corrected chi connectivity index (χ2v) is 5.05. The maximum Gasteiger partial charge on any atom is 0.265 e. The van der Waals surface area contributed by atoms with Crippen molar-refractivity contribution >= 4 is 33.2 Å². The summed E-state index contributed by atoms with van der Waals surface area (Å²) in [6.45, 7) is 6.81. The second kappa shape index (κ2) is 4.94. The van der Waals surface area contributed by atoms with E-state index >= 15 is 0 Å². The minimum absolute atomic E-state index is 0.115. The Labute approximate surface area is 97.1 Å². The average molecular weight is 276 g/mol. The zero-order valence-electron chi connectivity index (χ0n) is 8.58. The van der Waals surface area contributed by atoms with Crippen LogP contribution < -0.4 is 0 Å². The minimum atomic E-state index is 0.115. The number of amides is 1. The smallest absolute Gasteiger partial charge is 0.265 e. The molecule has 1 aromatic heterocycles. The van der Waals surface area contributed by atoms with E-state index in [1.54, 1.807) is 0 Å². The number of halogens is 1. The lowest BCUT2D eigenvalue weighted by Gasteiger charge is -2.24. The Morgan fingerprint density at radius 2 is 2.29 bits per heavy atom. The molecule has 78 valence electrons. The lowest BCUT2D eigenvalue weighted by atomic mass is 10.3. The molecule has 4 heteroatoms. The number of nitrogens with zero attached hydrogens (tertiary/aromatic N) is 1. The normalized spacial score (nSPS) is 10.6. The molecule has 0 radical (unpaired) electrons. The van der Waals surface area contributed by atoms with E-state index in [0.717, 1.165) is 15.9 Å². The molecule has 0 saturated heterocycles. The molecule has 1 heterocycles. The molecule has 14 heavy (non-hydrogen) atoms. The highest BCUT2D eigenvalue weighted by atomic mass is 79.9. The van der Waals surface area contributed by atoms with Crippen molar-refractivity contribution in [1.29, 1.82) is 0 Å². The van der Waals surface area contributed by atoms with Crippen LogP contribution in [0.1, 0.15) is 30.4 Å². The van der Waals surface area contributed by atoms with Crippen LogP contribution in [0.5, 0.6) is 0 Å². The van der Waals surface area contributed by atoms with E-state index < -0.39 is 0 Å². The number of hydrogen-bond donors (Lipinski definition) is 0. The van der Waals surface area contributed by atoms with Crippen molar-refractivity contribution in [2.45, 2.75) is 26.8 Å². The van der Waals surface area contributed by atoms with Crippen molar-refractivity contribution in [2.75, 3.05) is 6.54 Å². The molecule has 0 fully saturated rings. The van der Waals surface area contributed by atoms with Gasteiger partial charge in [0.25, 0.3) is 5.91 Å². The van der Waals surface area contributed by atoms with Gasteiger partial charge in [-0.3, -0.25) is 4.79 Å². The molecule has 1 amide bonds. The number of carbonyl (C=O) groups is 1.